The summed E-state index contributed by atoms with van der Waals surface area (Å²) in [4.78, 5) is 0. The van der Waals surface area contributed by atoms with E-state index in [4.69, 9.17) is 4.43 Å². The van der Waals surface area contributed by atoms with E-state index < -0.39 is 0 Å². The van der Waals surface area contributed by atoms with Gasteiger partial charge in [-0.3, -0.25) is 0 Å². The molecule has 0 aliphatic heterocycles. The van der Waals surface area contributed by atoms with E-state index in [1.807, 2.05) is 0 Å². The van der Waals surface area contributed by atoms with E-state index >= 15 is 0 Å². The van der Waals surface area contributed by atoms with Crippen LogP contribution in [0.15, 0.2) is 24.3 Å². The SMILES string of the molecule is CC(C)(C)c1ccccc1C(C)(C)O[SiH3]. The molecule has 0 unspecified atom stereocenters. The summed E-state index contributed by atoms with van der Waals surface area (Å²) in [5.74, 6) is 0. The summed E-state index contributed by atoms with van der Waals surface area (Å²) in [6, 6.07) is 8.58. The van der Waals surface area contributed by atoms with Crippen LogP contribution in [0.2, 0.25) is 0 Å². The molecule has 1 rings (SSSR count). The van der Waals surface area contributed by atoms with E-state index in [9.17, 15) is 0 Å². The van der Waals surface area contributed by atoms with Crippen LogP contribution in [0.4, 0.5) is 0 Å². The molecule has 0 radical (unpaired) electrons. The van der Waals surface area contributed by atoms with Gasteiger partial charge < -0.3 is 4.43 Å². The number of rotatable bonds is 2. The predicted molar refractivity (Wildman–Crippen MR) is 69.2 cm³/mol. The maximum absolute atomic E-state index is 5.70. The zero-order valence-electron chi connectivity index (χ0n) is 10.7. The molecule has 0 aliphatic rings. The second kappa shape index (κ2) is 4.10. The number of hydrogen-bond acceptors (Lipinski definition) is 1. The lowest BCUT2D eigenvalue weighted by molar-refractivity contribution is 0.121. The summed E-state index contributed by atoms with van der Waals surface area (Å²) >= 11 is 0. The van der Waals surface area contributed by atoms with Crippen molar-refractivity contribution < 1.29 is 4.43 Å². The first kappa shape index (κ1) is 12.5. The Kier molecular flexibility index (Phi) is 3.41. The van der Waals surface area contributed by atoms with Gasteiger partial charge in [-0.25, -0.2) is 0 Å². The normalized spacial score (nSPS) is 13.1. The Morgan fingerprint density at radius 2 is 1.40 bits per heavy atom. The quantitative estimate of drug-likeness (QED) is 0.699. The van der Waals surface area contributed by atoms with Crippen LogP contribution in [-0.2, 0) is 15.4 Å². The summed E-state index contributed by atoms with van der Waals surface area (Å²) in [6.07, 6.45) is 0. The highest BCUT2D eigenvalue weighted by Gasteiger charge is 2.26. The van der Waals surface area contributed by atoms with Crippen molar-refractivity contribution >= 4 is 10.5 Å². The Morgan fingerprint density at radius 3 is 1.80 bits per heavy atom. The average molecular weight is 222 g/mol. The Hall–Kier alpha value is -0.603. The minimum Gasteiger partial charge on any atom is -0.419 e. The molecule has 0 atom stereocenters. The molecule has 0 heterocycles. The molecule has 0 N–H and O–H groups in total. The van der Waals surface area contributed by atoms with Crippen LogP contribution < -0.4 is 0 Å². The predicted octanol–water partition coefficient (Wildman–Crippen LogP) is 2.52. The third-order valence-corrected chi connectivity index (χ3v) is 3.91. The summed E-state index contributed by atoms with van der Waals surface area (Å²) in [6.45, 7) is 11.0. The van der Waals surface area contributed by atoms with E-state index in [1.54, 1.807) is 0 Å². The molecule has 0 aromatic heterocycles. The largest absolute Gasteiger partial charge is 0.419 e. The zero-order chi connectivity index (χ0) is 11.7. The van der Waals surface area contributed by atoms with Crippen molar-refractivity contribution in [3.8, 4) is 0 Å². The molecule has 0 amide bonds. The summed E-state index contributed by atoms with van der Waals surface area (Å²) in [5, 5.41) is 0. The molecule has 15 heavy (non-hydrogen) atoms. The van der Waals surface area contributed by atoms with Crippen LogP contribution in [0, 0.1) is 0 Å². The van der Waals surface area contributed by atoms with Gasteiger partial charge in [0.2, 0.25) is 0 Å². The molecule has 0 aliphatic carbocycles. The first-order valence-corrected chi connectivity index (χ1v) is 6.26. The Morgan fingerprint density at radius 1 is 0.933 bits per heavy atom. The van der Waals surface area contributed by atoms with Crippen molar-refractivity contribution in [2.24, 2.45) is 0 Å². The third-order valence-electron chi connectivity index (χ3n) is 2.89. The summed E-state index contributed by atoms with van der Waals surface area (Å²) in [7, 11) is 0.767. The van der Waals surface area contributed by atoms with Gasteiger partial charge in [0.15, 0.2) is 0 Å². The molecule has 84 valence electrons. The van der Waals surface area contributed by atoms with Crippen LogP contribution in [0.25, 0.3) is 0 Å². The fourth-order valence-corrected chi connectivity index (χ4v) is 1.99. The second-order valence-corrected chi connectivity index (χ2v) is 5.92. The van der Waals surface area contributed by atoms with Crippen molar-refractivity contribution in [1.82, 2.24) is 0 Å². The minimum atomic E-state index is -0.157. The number of hydrogen-bond donors (Lipinski definition) is 0. The van der Waals surface area contributed by atoms with Crippen molar-refractivity contribution in [2.75, 3.05) is 0 Å². The molecule has 1 nitrogen and oxygen atoms in total. The van der Waals surface area contributed by atoms with E-state index in [1.165, 1.54) is 11.1 Å². The summed E-state index contributed by atoms with van der Waals surface area (Å²) in [5.41, 5.74) is 2.71. The van der Waals surface area contributed by atoms with Gasteiger partial charge in [0, 0.05) is 0 Å². The molecule has 0 spiro atoms. The Balaban J connectivity index is 3.31. The topological polar surface area (TPSA) is 9.23 Å². The third kappa shape index (κ3) is 2.70. The van der Waals surface area contributed by atoms with Crippen LogP contribution >= 0.6 is 0 Å². The Labute approximate surface area is 96.4 Å². The molecule has 0 saturated carbocycles. The summed E-state index contributed by atoms with van der Waals surface area (Å²) < 4.78 is 5.70. The Bertz CT molecular complexity index is 337. The van der Waals surface area contributed by atoms with Crippen molar-refractivity contribution in [1.29, 1.82) is 0 Å². The van der Waals surface area contributed by atoms with Crippen molar-refractivity contribution in [2.45, 2.75) is 45.6 Å². The van der Waals surface area contributed by atoms with E-state index in [0.29, 0.717) is 0 Å². The highest BCUT2D eigenvalue weighted by Crippen LogP contribution is 2.33. The second-order valence-electron chi connectivity index (χ2n) is 5.51. The van der Waals surface area contributed by atoms with Crippen LogP contribution in [-0.4, -0.2) is 10.5 Å². The first-order chi connectivity index (χ1) is 6.79. The molecular weight excluding hydrogens is 200 g/mol. The maximum atomic E-state index is 5.70. The monoisotopic (exact) mass is 222 g/mol. The molecule has 2 heteroatoms. The van der Waals surface area contributed by atoms with E-state index in [0.717, 1.165) is 10.5 Å². The lowest BCUT2D eigenvalue weighted by atomic mass is 9.79. The van der Waals surface area contributed by atoms with Gasteiger partial charge in [0.05, 0.1) is 5.60 Å². The molecular formula is C13H22OSi. The van der Waals surface area contributed by atoms with Gasteiger partial charge in [-0.1, -0.05) is 45.0 Å². The molecule has 1 aromatic rings. The van der Waals surface area contributed by atoms with Crippen LogP contribution in [0.1, 0.15) is 45.7 Å². The van der Waals surface area contributed by atoms with Gasteiger partial charge in [-0.05, 0) is 30.4 Å². The van der Waals surface area contributed by atoms with Gasteiger partial charge in [-0.15, -0.1) is 0 Å². The van der Waals surface area contributed by atoms with Crippen molar-refractivity contribution in [3.63, 3.8) is 0 Å². The van der Waals surface area contributed by atoms with Crippen LogP contribution in [0.3, 0.4) is 0 Å². The van der Waals surface area contributed by atoms with Gasteiger partial charge >= 0.3 is 0 Å². The fourth-order valence-electron chi connectivity index (χ4n) is 1.77. The van der Waals surface area contributed by atoms with E-state index in [-0.39, 0.29) is 11.0 Å². The molecule has 0 bridgehead atoms. The highest BCUT2D eigenvalue weighted by molar-refractivity contribution is 5.98. The smallest absolute Gasteiger partial charge is 0.147 e. The van der Waals surface area contributed by atoms with Gasteiger partial charge in [-0.2, -0.15) is 0 Å². The standard InChI is InChI=1S/C13H22OSi/c1-12(2,3)10-8-6-7-9-11(10)13(4,5)14-15/h6-9H,1-5,15H3. The molecule has 0 fully saturated rings. The lowest BCUT2D eigenvalue weighted by Crippen LogP contribution is -2.26. The number of benzene rings is 1. The zero-order valence-corrected chi connectivity index (χ0v) is 12.7. The fraction of sp³-hybridized carbons (Fsp3) is 0.538. The first-order valence-electron chi connectivity index (χ1n) is 5.44. The molecule has 0 saturated heterocycles. The van der Waals surface area contributed by atoms with E-state index in [2.05, 4.69) is 58.9 Å². The lowest BCUT2D eigenvalue weighted by Gasteiger charge is -2.32. The van der Waals surface area contributed by atoms with Crippen LogP contribution in [0.5, 0.6) is 0 Å². The average Bonchev–Trinajstić information content (AvgIpc) is 2.16. The van der Waals surface area contributed by atoms with Gasteiger partial charge in [0.1, 0.15) is 10.5 Å². The van der Waals surface area contributed by atoms with Crippen molar-refractivity contribution in [3.05, 3.63) is 35.4 Å². The minimum absolute atomic E-state index is 0.157. The maximum Gasteiger partial charge on any atom is 0.147 e. The highest BCUT2D eigenvalue weighted by atomic mass is 28.2. The molecule has 1 aromatic carbocycles. The van der Waals surface area contributed by atoms with Gasteiger partial charge in [0.25, 0.3) is 0 Å².